The summed E-state index contributed by atoms with van der Waals surface area (Å²) in [6.07, 6.45) is 1.60. The second kappa shape index (κ2) is 8.58. The van der Waals surface area contributed by atoms with Crippen molar-refractivity contribution in [3.05, 3.63) is 21.4 Å². The highest BCUT2D eigenvalue weighted by molar-refractivity contribution is 7.14. The Morgan fingerprint density at radius 2 is 2.19 bits per heavy atom. The number of thiophene rings is 1. The predicted molar refractivity (Wildman–Crippen MR) is 104 cm³/mol. The number of aryl methyl sites for hydroxylation is 2. The van der Waals surface area contributed by atoms with Crippen LogP contribution in [0.2, 0.25) is 0 Å². The molecule has 27 heavy (non-hydrogen) atoms. The van der Waals surface area contributed by atoms with Crippen LogP contribution in [-0.2, 0) is 9.47 Å². The smallest absolute Gasteiger partial charge is 0.314 e. The van der Waals surface area contributed by atoms with Crippen molar-refractivity contribution in [2.75, 3.05) is 39.4 Å². The zero-order chi connectivity index (χ0) is 19.4. The van der Waals surface area contributed by atoms with Crippen LogP contribution in [0.4, 0.5) is 4.79 Å². The molecule has 2 N–H and O–H groups in total. The number of ether oxygens (including phenoxy) is 2. The molecule has 3 heterocycles. The summed E-state index contributed by atoms with van der Waals surface area (Å²) in [5, 5.41) is 5.55. The van der Waals surface area contributed by atoms with Crippen LogP contribution in [0.1, 0.15) is 39.9 Å². The molecule has 1 aromatic heterocycles. The molecule has 0 radical (unpaired) electrons. The Balaban J connectivity index is 1.62. The summed E-state index contributed by atoms with van der Waals surface area (Å²) >= 11 is 1.54. The zero-order valence-corrected chi connectivity index (χ0v) is 17.1. The highest BCUT2D eigenvalue weighted by Crippen LogP contribution is 2.33. The van der Waals surface area contributed by atoms with Gasteiger partial charge in [-0.25, -0.2) is 4.79 Å². The maximum absolute atomic E-state index is 13.0. The van der Waals surface area contributed by atoms with E-state index in [0.29, 0.717) is 39.4 Å². The molecule has 2 saturated heterocycles. The lowest BCUT2D eigenvalue weighted by Crippen LogP contribution is -2.47. The van der Waals surface area contributed by atoms with Crippen molar-refractivity contribution >= 4 is 23.3 Å². The van der Waals surface area contributed by atoms with Crippen molar-refractivity contribution in [2.45, 2.75) is 45.3 Å². The van der Waals surface area contributed by atoms with Gasteiger partial charge in [-0.2, -0.15) is 0 Å². The van der Waals surface area contributed by atoms with E-state index in [1.807, 2.05) is 31.7 Å². The Morgan fingerprint density at radius 1 is 1.37 bits per heavy atom. The van der Waals surface area contributed by atoms with Crippen LogP contribution in [0.3, 0.4) is 0 Å². The standard InChI is InChI=1S/C19H29N3O4S/c1-4-20-18(24)21-10-15-5-6-19(26-15)11-22(7-8-25-12-19)17(23)16-9-13(2)14(3)27-16/h9,15H,4-8,10-12H2,1-3H3,(H2,20,21,24)/t15-,19-/m0/s1. The van der Waals surface area contributed by atoms with E-state index in [2.05, 4.69) is 10.6 Å². The van der Waals surface area contributed by atoms with E-state index in [9.17, 15) is 9.59 Å². The van der Waals surface area contributed by atoms with Crippen LogP contribution in [0.15, 0.2) is 6.07 Å². The molecule has 0 aliphatic carbocycles. The average Bonchev–Trinajstić information content (AvgIpc) is 3.11. The minimum atomic E-state index is -0.485. The third-order valence-electron chi connectivity index (χ3n) is 5.18. The second-order valence-corrected chi connectivity index (χ2v) is 8.59. The fourth-order valence-corrected chi connectivity index (χ4v) is 4.61. The highest BCUT2D eigenvalue weighted by Gasteiger charge is 2.44. The molecular weight excluding hydrogens is 366 g/mol. The number of carbonyl (C=O) groups excluding carboxylic acids is 2. The molecule has 150 valence electrons. The van der Waals surface area contributed by atoms with Gasteiger partial charge in [0.1, 0.15) is 5.60 Å². The first-order valence-corrected chi connectivity index (χ1v) is 10.4. The minimum Gasteiger partial charge on any atom is -0.377 e. The largest absolute Gasteiger partial charge is 0.377 e. The van der Waals surface area contributed by atoms with E-state index in [1.165, 1.54) is 4.88 Å². The molecule has 3 rings (SSSR count). The number of hydrogen-bond acceptors (Lipinski definition) is 5. The van der Waals surface area contributed by atoms with E-state index < -0.39 is 5.60 Å². The Kier molecular flexibility index (Phi) is 6.39. The van der Waals surface area contributed by atoms with Gasteiger partial charge in [0, 0.05) is 24.5 Å². The molecule has 0 saturated carbocycles. The third-order valence-corrected chi connectivity index (χ3v) is 6.32. The molecule has 2 atom stereocenters. The summed E-state index contributed by atoms with van der Waals surface area (Å²) in [6, 6.07) is 1.79. The first-order chi connectivity index (χ1) is 12.9. The molecule has 7 nitrogen and oxygen atoms in total. The van der Waals surface area contributed by atoms with E-state index in [0.717, 1.165) is 23.3 Å². The topological polar surface area (TPSA) is 79.9 Å². The van der Waals surface area contributed by atoms with E-state index in [1.54, 1.807) is 11.3 Å². The molecule has 2 fully saturated rings. The lowest BCUT2D eigenvalue weighted by molar-refractivity contribution is -0.0823. The normalized spacial score (nSPS) is 25.4. The maximum Gasteiger partial charge on any atom is 0.314 e. The SMILES string of the molecule is CCNC(=O)NC[C@@H]1CC[C@]2(COCCN(C(=O)c3cc(C)c(C)s3)C2)O1. The van der Waals surface area contributed by atoms with Crippen molar-refractivity contribution in [3.8, 4) is 0 Å². The van der Waals surface area contributed by atoms with E-state index in [-0.39, 0.29) is 18.0 Å². The van der Waals surface area contributed by atoms with Gasteiger partial charge in [-0.15, -0.1) is 11.3 Å². The first kappa shape index (κ1) is 20.1. The molecule has 2 aliphatic rings. The van der Waals surface area contributed by atoms with E-state index in [4.69, 9.17) is 9.47 Å². The number of rotatable bonds is 4. The summed E-state index contributed by atoms with van der Waals surface area (Å²) in [7, 11) is 0. The number of amides is 3. The number of carbonyl (C=O) groups is 2. The molecule has 0 aromatic carbocycles. The molecule has 2 aliphatic heterocycles. The van der Waals surface area contributed by atoms with Gasteiger partial charge in [-0.1, -0.05) is 0 Å². The fraction of sp³-hybridized carbons (Fsp3) is 0.684. The van der Waals surface area contributed by atoms with Gasteiger partial charge in [0.25, 0.3) is 5.91 Å². The van der Waals surface area contributed by atoms with Crippen LogP contribution < -0.4 is 10.6 Å². The quantitative estimate of drug-likeness (QED) is 0.818. The number of hydrogen-bond donors (Lipinski definition) is 2. The molecule has 1 aromatic rings. The highest BCUT2D eigenvalue weighted by atomic mass is 32.1. The van der Waals surface area contributed by atoms with Gasteiger partial charge in [0.05, 0.1) is 30.7 Å². The van der Waals surface area contributed by atoms with Crippen LogP contribution >= 0.6 is 11.3 Å². The summed E-state index contributed by atoms with van der Waals surface area (Å²) in [5.41, 5.74) is 0.666. The van der Waals surface area contributed by atoms with Gasteiger partial charge in [0.15, 0.2) is 0 Å². The predicted octanol–water partition coefficient (Wildman–Crippen LogP) is 2.07. The molecule has 0 unspecified atom stereocenters. The van der Waals surface area contributed by atoms with Gasteiger partial charge in [-0.3, -0.25) is 4.79 Å². The lowest BCUT2D eigenvalue weighted by atomic mass is 10.00. The number of urea groups is 1. The lowest BCUT2D eigenvalue weighted by Gasteiger charge is -2.31. The van der Waals surface area contributed by atoms with Crippen LogP contribution in [0, 0.1) is 13.8 Å². The molecule has 8 heteroatoms. The number of nitrogens with one attached hydrogen (secondary N) is 2. The Hall–Kier alpha value is -1.64. The van der Waals surface area contributed by atoms with Crippen molar-refractivity contribution in [1.82, 2.24) is 15.5 Å². The third kappa shape index (κ3) is 4.80. The number of nitrogens with zero attached hydrogens (tertiary/aromatic N) is 1. The summed E-state index contributed by atoms with van der Waals surface area (Å²) in [6.45, 7) is 9.10. The Bertz CT molecular complexity index is 673. The van der Waals surface area contributed by atoms with Gasteiger partial charge < -0.3 is 25.0 Å². The summed E-state index contributed by atoms with van der Waals surface area (Å²) in [4.78, 5) is 28.4. The van der Waals surface area contributed by atoms with Crippen molar-refractivity contribution in [2.24, 2.45) is 0 Å². The van der Waals surface area contributed by atoms with Crippen molar-refractivity contribution in [1.29, 1.82) is 0 Å². The Labute approximate surface area is 164 Å². The maximum atomic E-state index is 13.0. The van der Waals surface area contributed by atoms with Crippen LogP contribution in [0.5, 0.6) is 0 Å². The average molecular weight is 396 g/mol. The van der Waals surface area contributed by atoms with Crippen LogP contribution in [0.25, 0.3) is 0 Å². The molecule has 1 spiro atoms. The van der Waals surface area contributed by atoms with E-state index >= 15 is 0 Å². The van der Waals surface area contributed by atoms with Gasteiger partial charge >= 0.3 is 6.03 Å². The monoisotopic (exact) mass is 395 g/mol. The van der Waals surface area contributed by atoms with Gasteiger partial charge in [-0.05, 0) is 45.2 Å². The summed E-state index contributed by atoms with van der Waals surface area (Å²) in [5.74, 6) is 0.0496. The fourth-order valence-electron chi connectivity index (χ4n) is 3.60. The molecule has 3 amide bonds. The first-order valence-electron chi connectivity index (χ1n) is 9.56. The second-order valence-electron chi connectivity index (χ2n) is 7.33. The van der Waals surface area contributed by atoms with Crippen molar-refractivity contribution in [3.63, 3.8) is 0 Å². The Morgan fingerprint density at radius 3 is 2.89 bits per heavy atom. The minimum absolute atomic E-state index is 0.0496. The molecule has 0 bridgehead atoms. The summed E-state index contributed by atoms with van der Waals surface area (Å²) < 4.78 is 12.1. The molecular formula is C19H29N3O4S. The zero-order valence-electron chi connectivity index (χ0n) is 16.3. The van der Waals surface area contributed by atoms with Crippen LogP contribution in [-0.4, -0.2) is 67.9 Å². The van der Waals surface area contributed by atoms with Gasteiger partial charge in [0.2, 0.25) is 0 Å². The van der Waals surface area contributed by atoms with Crippen molar-refractivity contribution < 1.29 is 19.1 Å².